The van der Waals surface area contributed by atoms with Crippen LogP contribution in [0, 0.1) is 0 Å². The molecule has 2 aromatic rings. The number of rotatable bonds is 12. The fraction of sp³-hybridized carbons (Fsp3) is 0.455. The van der Waals surface area contributed by atoms with Gasteiger partial charge in [-0.15, -0.1) is 0 Å². The molecule has 1 amide bonds. The molecular weight excluding hydrogens is 457 g/mol. The van der Waals surface area contributed by atoms with Crippen LogP contribution in [0.2, 0.25) is 10.0 Å². The largest absolute Gasteiger partial charge is 0.480 e. The molecule has 0 unspecified atom stereocenters. The Morgan fingerprint density at radius 1 is 1.12 bits per heavy atom. The van der Waals surface area contributed by atoms with Crippen molar-refractivity contribution in [3.63, 3.8) is 0 Å². The molecule has 32 heavy (non-hydrogen) atoms. The van der Waals surface area contributed by atoms with Gasteiger partial charge in [-0.2, -0.15) is 0 Å². The van der Waals surface area contributed by atoms with E-state index in [-0.39, 0.29) is 40.9 Å². The molecule has 1 heterocycles. The molecule has 0 fully saturated rings. The number of hydrogen-bond acceptors (Lipinski definition) is 4. The topological polar surface area (TPSA) is 122 Å². The zero-order valence-electron chi connectivity index (χ0n) is 18.0. The molecule has 3 N–H and O–H groups in total. The van der Waals surface area contributed by atoms with Crippen molar-refractivity contribution in [3.8, 4) is 0 Å². The van der Waals surface area contributed by atoms with Crippen molar-refractivity contribution in [2.45, 2.75) is 65.0 Å². The lowest BCUT2D eigenvalue weighted by Gasteiger charge is -2.18. The van der Waals surface area contributed by atoms with Gasteiger partial charge in [-0.05, 0) is 24.5 Å². The first-order valence-corrected chi connectivity index (χ1v) is 11.2. The van der Waals surface area contributed by atoms with E-state index in [9.17, 15) is 24.6 Å². The van der Waals surface area contributed by atoms with Gasteiger partial charge in [-0.1, -0.05) is 49.5 Å². The van der Waals surface area contributed by atoms with Gasteiger partial charge in [0.15, 0.2) is 0 Å². The predicted molar refractivity (Wildman–Crippen MR) is 122 cm³/mol. The third kappa shape index (κ3) is 6.46. The van der Waals surface area contributed by atoms with E-state index in [1.54, 1.807) is 12.3 Å². The summed E-state index contributed by atoms with van der Waals surface area (Å²) in [6.45, 7) is 4.14. The second kappa shape index (κ2) is 11.9. The lowest BCUT2D eigenvalue weighted by Crippen LogP contribution is -2.42. The summed E-state index contributed by atoms with van der Waals surface area (Å²) < 4.78 is 1.86. The molecule has 0 radical (unpaired) electrons. The van der Waals surface area contributed by atoms with Crippen molar-refractivity contribution < 1.29 is 24.6 Å². The number of aliphatic carboxylic acids is 1. The molecule has 10 heteroatoms. The first kappa shape index (κ1) is 25.7. The zero-order valence-corrected chi connectivity index (χ0v) is 19.5. The lowest BCUT2D eigenvalue weighted by molar-refractivity contribution is -0.141. The highest BCUT2D eigenvalue weighted by Gasteiger charge is 2.24. The minimum atomic E-state index is -1.18. The normalized spacial score (nSPS) is 11.9. The zero-order chi connectivity index (χ0) is 23.8. The van der Waals surface area contributed by atoms with Gasteiger partial charge in [-0.3, -0.25) is 4.79 Å². The third-order valence-corrected chi connectivity index (χ3v) is 5.94. The van der Waals surface area contributed by atoms with E-state index in [2.05, 4.69) is 17.2 Å². The number of benzene rings is 1. The third-order valence-electron chi connectivity index (χ3n) is 5.02. The summed E-state index contributed by atoms with van der Waals surface area (Å²) in [6, 6.07) is 1.87. The Kier molecular flexibility index (Phi) is 9.53. The smallest absolute Gasteiger partial charge is 0.337 e. The average molecular weight is 484 g/mol. The minimum Gasteiger partial charge on any atom is -0.480 e. The highest BCUT2D eigenvalue weighted by Crippen LogP contribution is 2.31. The maximum absolute atomic E-state index is 12.0. The number of carboxylic acids is 2. The Labute approximate surface area is 196 Å². The number of aromatic nitrogens is 2. The fourth-order valence-corrected chi connectivity index (χ4v) is 3.78. The number of aromatic carboxylic acids is 1. The summed E-state index contributed by atoms with van der Waals surface area (Å²) in [5, 5.41) is 21.5. The van der Waals surface area contributed by atoms with Gasteiger partial charge in [-0.25, -0.2) is 14.6 Å². The quantitative estimate of drug-likeness (QED) is 0.415. The summed E-state index contributed by atoms with van der Waals surface area (Å²) in [5.74, 6) is -1.89. The Morgan fingerprint density at radius 3 is 2.44 bits per heavy atom. The van der Waals surface area contributed by atoms with Crippen molar-refractivity contribution in [3.05, 3.63) is 51.0 Å². The molecule has 1 atom stereocenters. The maximum Gasteiger partial charge on any atom is 0.337 e. The first-order valence-electron chi connectivity index (χ1n) is 10.4. The number of imidazole rings is 1. The number of halogens is 2. The van der Waals surface area contributed by atoms with E-state index in [0.29, 0.717) is 24.1 Å². The molecule has 0 bridgehead atoms. The Bertz CT molecular complexity index is 990. The standard InChI is InChI=1S/C22H27Cl2N3O5/c1-3-5-7-17-25-11-14(10-16(22(31)32)26-18(28)6-4-2)27(17)12-13-8-9-15(21(29)30)20(24)19(13)23/h8-9,11,16H,3-7,10,12H2,1-2H3,(H,26,28)(H,29,30)(H,31,32)/t16-/m0/s1. The van der Waals surface area contributed by atoms with Crippen LogP contribution in [0.3, 0.4) is 0 Å². The van der Waals surface area contributed by atoms with Gasteiger partial charge in [0.25, 0.3) is 0 Å². The summed E-state index contributed by atoms with van der Waals surface area (Å²) in [4.78, 5) is 39.5. The summed E-state index contributed by atoms with van der Waals surface area (Å²) in [6.07, 6.45) is 5.02. The number of hydrogen-bond donors (Lipinski definition) is 3. The van der Waals surface area contributed by atoms with Crippen LogP contribution >= 0.6 is 23.2 Å². The fourth-order valence-electron chi connectivity index (χ4n) is 3.29. The van der Waals surface area contributed by atoms with Gasteiger partial charge in [0.05, 0.1) is 22.2 Å². The van der Waals surface area contributed by atoms with Crippen LogP contribution in [-0.4, -0.2) is 43.7 Å². The van der Waals surface area contributed by atoms with Gasteiger partial charge in [0.1, 0.15) is 11.9 Å². The molecule has 1 aromatic heterocycles. The van der Waals surface area contributed by atoms with Crippen LogP contribution < -0.4 is 5.32 Å². The van der Waals surface area contributed by atoms with E-state index >= 15 is 0 Å². The van der Waals surface area contributed by atoms with Crippen molar-refractivity contribution in [1.29, 1.82) is 0 Å². The van der Waals surface area contributed by atoms with Crippen LogP contribution in [0.15, 0.2) is 18.3 Å². The SMILES string of the molecule is CCCCc1ncc(C[C@H](NC(=O)CCC)C(=O)O)n1Cc1ccc(C(=O)O)c(Cl)c1Cl. The van der Waals surface area contributed by atoms with E-state index in [0.717, 1.165) is 18.7 Å². The monoisotopic (exact) mass is 483 g/mol. The minimum absolute atomic E-state index is 0.0441. The molecule has 0 aliphatic heterocycles. The molecule has 0 spiro atoms. The van der Waals surface area contributed by atoms with Crippen LogP contribution in [0.25, 0.3) is 0 Å². The van der Waals surface area contributed by atoms with E-state index in [1.807, 2.05) is 11.5 Å². The van der Waals surface area contributed by atoms with Crippen molar-refractivity contribution in [2.24, 2.45) is 0 Å². The second-order valence-electron chi connectivity index (χ2n) is 7.47. The number of unbranched alkanes of at least 4 members (excludes halogenated alkanes) is 1. The van der Waals surface area contributed by atoms with Gasteiger partial charge in [0.2, 0.25) is 5.91 Å². The number of aryl methyl sites for hydroxylation is 1. The van der Waals surface area contributed by atoms with Gasteiger partial charge >= 0.3 is 11.9 Å². The van der Waals surface area contributed by atoms with Crippen molar-refractivity contribution in [2.75, 3.05) is 0 Å². The number of carbonyl (C=O) groups is 3. The molecule has 2 rings (SSSR count). The van der Waals surface area contributed by atoms with Crippen molar-refractivity contribution >= 4 is 41.0 Å². The number of amides is 1. The molecule has 0 saturated carbocycles. The van der Waals surface area contributed by atoms with E-state index in [4.69, 9.17) is 23.2 Å². The Balaban J connectivity index is 2.39. The van der Waals surface area contributed by atoms with Crippen LogP contribution in [0.1, 0.15) is 67.0 Å². The Hall–Kier alpha value is -2.58. The molecule has 174 valence electrons. The van der Waals surface area contributed by atoms with E-state index in [1.165, 1.54) is 6.07 Å². The summed E-state index contributed by atoms with van der Waals surface area (Å²) in [7, 11) is 0. The van der Waals surface area contributed by atoms with Crippen molar-refractivity contribution in [1.82, 2.24) is 14.9 Å². The molecular formula is C22H27Cl2N3O5. The van der Waals surface area contributed by atoms with Crippen LogP contribution in [-0.2, 0) is 29.0 Å². The lowest BCUT2D eigenvalue weighted by atomic mass is 10.1. The van der Waals surface area contributed by atoms with Gasteiger partial charge in [0, 0.05) is 31.2 Å². The van der Waals surface area contributed by atoms with Crippen LogP contribution in [0.5, 0.6) is 0 Å². The van der Waals surface area contributed by atoms with Gasteiger partial charge < -0.3 is 20.1 Å². The second-order valence-corrected chi connectivity index (χ2v) is 8.23. The molecule has 8 nitrogen and oxygen atoms in total. The number of carbonyl (C=O) groups excluding carboxylic acids is 1. The highest BCUT2D eigenvalue weighted by molar-refractivity contribution is 6.44. The average Bonchev–Trinajstić information content (AvgIpc) is 3.10. The molecule has 0 saturated heterocycles. The Morgan fingerprint density at radius 2 is 1.84 bits per heavy atom. The first-order chi connectivity index (χ1) is 15.2. The number of nitrogens with zero attached hydrogens (tertiary/aromatic N) is 2. The maximum atomic E-state index is 12.0. The molecule has 0 aliphatic carbocycles. The summed E-state index contributed by atoms with van der Waals surface area (Å²) in [5.41, 5.74) is 1.11. The number of nitrogens with one attached hydrogen (secondary N) is 1. The molecule has 1 aromatic carbocycles. The predicted octanol–water partition coefficient (Wildman–Crippen LogP) is 4.19. The van der Waals surface area contributed by atoms with Crippen LogP contribution in [0.4, 0.5) is 0 Å². The number of carboxylic acid groups (broad SMARTS) is 2. The summed E-state index contributed by atoms with van der Waals surface area (Å²) >= 11 is 12.5. The molecule has 0 aliphatic rings. The van der Waals surface area contributed by atoms with E-state index < -0.39 is 18.0 Å². The highest BCUT2D eigenvalue weighted by atomic mass is 35.5.